The van der Waals surface area contributed by atoms with Crippen LogP contribution in [0.2, 0.25) is 10.0 Å². The van der Waals surface area contributed by atoms with Crippen molar-refractivity contribution < 1.29 is 22.4 Å². The summed E-state index contributed by atoms with van der Waals surface area (Å²) in [7, 11) is -4.30. The van der Waals surface area contributed by atoms with Gasteiger partial charge in [0.1, 0.15) is 18.4 Å². The summed E-state index contributed by atoms with van der Waals surface area (Å²) in [6.07, 6.45) is 0.778. The largest absolute Gasteiger partial charge is 0.354 e. The maximum Gasteiger partial charge on any atom is 0.264 e. The van der Waals surface area contributed by atoms with Gasteiger partial charge in [-0.15, -0.1) is 0 Å². The first-order valence-corrected chi connectivity index (χ1v) is 16.2. The Kier molecular flexibility index (Phi) is 11.4. The van der Waals surface area contributed by atoms with Crippen molar-refractivity contribution in [1.82, 2.24) is 10.2 Å². The average molecular weight is 657 g/mol. The second-order valence-corrected chi connectivity index (χ2v) is 12.7. The lowest BCUT2D eigenvalue weighted by molar-refractivity contribution is -0.140. The molecule has 0 saturated heterocycles. The molecule has 0 saturated carbocycles. The van der Waals surface area contributed by atoms with Crippen LogP contribution in [0, 0.1) is 5.82 Å². The third-order valence-corrected chi connectivity index (χ3v) is 9.45. The van der Waals surface area contributed by atoms with E-state index in [4.69, 9.17) is 23.2 Å². The Bertz CT molecular complexity index is 1690. The van der Waals surface area contributed by atoms with Crippen LogP contribution in [-0.4, -0.2) is 44.3 Å². The number of hydrogen-bond acceptors (Lipinski definition) is 4. The molecule has 1 N–H and O–H groups in total. The zero-order valence-corrected chi connectivity index (χ0v) is 26.3. The van der Waals surface area contributed by atoms with Crippen LogP contribution >= 0.6 is 23.2 Å². The molecule has 0 aliphatic carbocycles. The predicted molar refractivity (Wildman–Crippen MR) is 172 cm³/mol. The minimum Gasteiger partial charge on any atom is -0.354 e. The molecule has 2 amide bonds. The Labute approximate surface area is 267 Å². The molecule has 7 nitrogen and oxygen atoms in total. The summed E-state index contributed by atoms with van der Waals surface area (Å²) in [6, 6.07) is 25.9. The number of sulfonamides is 1. The van der Waals surface area contributed by atoms with Gasteiger partial charge in [0.05, 0.1) is 20.6 Å². The SMILES string of the molecule is CCCNC(=O)C(Cc1ccccc1)N(Cc1ccccc1F)C(=O)CN(c1ccc(Cl)c(Cl)c1)S(=O)(=O)c1ccccc1. The molecule has 230 valence electrons. The molecule has 0 aliphatic heterocycles. The zero-order chi connectivity index (χ0) is 31.7. The Balaban J connectivity index is 1.81. The topological polar surface area (TPSA) is 86.8 Å². The van der Waals surface area contributed by atoms with Crippen molar-refractivity contribution in [2.75, 3.05) is 17.4 Å². The highest BCUT2D eigenvalue weighted by molar-refractivity contribution is 7.92. The molecule has 0 aromatic heterocycles. The lowest BCUT2D eigenvalue weighted by atomic mass is 10.0. The monoisotopic (exact) mass is 655 g/mol. The third kappa shape index (κ3) is 8.16. The summed E-state index contributed by atoms with van der Waals surface area (Å²) in [5.74, 6) is -1.71. The van der Waals surface area contributed by atoms with Gasteiger partial charge in [-0.3, -0.25) is 13.9 Å². The molecule has 1 atom stereocenters. The van der Waals surface area contributed by atoms with Crippen LogP contribution in [-0.2, 0) is 32.6 Å². The van der Waals surface area contributed by atoms with E-state index < -0.39 is 40.2 Å². The van der Waals surface area contributed by atoms with Gasteiger partial charge >= 0.3 is 0 Å². The van der Waals surface area contributed by atoms with Gasteiger partial charge in [-0.1, -0.05) is 96.9 Å². The number of nitrogens with zero attached hydrogens (tertiary/aromatic N) is 2. The first kappa shape index (κ1) is 33.0. The molecular weight excluding hydrogens is 624 g/mol. The Morgan fingerprint density at radius 2 is 1.50 bits per heavy atom. The molecule has 11 heteroatoms. The number of nitrogens with one attached hydrogen (secondary N) is 1. The molecule has 44 heavy (non-hydrogen) atoms. The molecule has 0 radical (unpaired) electrons. The van der Waals surface area contributed by atoms with Crippen LogP contribution in [0.3, 0.4) is 0 Å². The Morgan fingerprint density at radius 1 is 0.864 bits per heavy atom. The van der Waals surface area contributed by atoms with Crippen LogP contribution < -0.4 is 9.62 Å². The van der Waals surface area contributed by atoms with Crippen molar-refractivity contribution in [3.8, 4) is 0 Å². The second-order valence-electron chi connectivity index (χ2n) is 10.0. The van der Waals surface area contributed by atoms with Gasteiger partial charge in [-0.05, 0) is 48.4 Å². The van der Waals surface area contributed by atoms with Crippen LogP contribution in [0.1, 0.15) is 24.5 Å². The molecule has 0 aliphatic rings. The third-order valence-electron chi connectivity index (χ3n) is 6.92. The first-order valence-electron chi connectivity index (χ1n) is 14.0. The molecule has 4 rings (SSSR count). The molecular formula is C33H32Cl2FN3O4S. The molecule has 1 unspecified atom stereocenters. The summed E-state index contributed by atoms with van der Waals surface area (Å²) in [5.41, 5.74) is 1.04. The van der Waals surface area contributed by atoms with E-state index in [9.17, 15) is 22.4 Å². The van der Waals surface area contributed by atoms with Crippen molar-refractivity contribution in [2.24, 2.45) is 0 Å². The predicted octanol–water partition coefficient (Wildman–Crippen LogP) is 6.49. The summed E-state index contributed by atoms with van der Waals surface area (Å²) < 4.78 is 43.8. The van der Waals surface area contributed by atoms with Crippen LogP contribution in [0.25, 0.3) is 0 Å². The van der Waals surface area contributed by atoms with Crippen molar-refractivity contribution >= 4 is 50.7 Å². The van der Waals surface area contributed by atoms with Crippen LogP contribution in [0.5, 0.6) is 0 Å². The molecule has 0 bridgehead atoms. The van der Waals surface area contributed by atoms with E-state index in [1.165, 1.54) is 53.4 Å². The molecule has 0 fully saturated rings. The van der Waals surface area contributed by atoms with Gasteiger partial charge in [-0.25, -0.2) is 12.8 Å². The second kappa shape index (κ2) is 15.2. The highest BCUT2D eigenvalue weighted by atomic mass is 35.5. The Morgan fingerprint density at radius 3 is 2.14 bits per heavy atom. The minimum absolute atomic E-state index is 0.0546. The summed E-state index contributed by atoms with van der Waals surface area (Å²) in [4.78, 5) is 29.1. The van der Waals surface area contributed by atoms with E-state index in [1.807, 2.05) is 37.3 Å². The number of anilines is 1. The number of carbonyl (C=O) groups excluding carboxylic acids is 2. The highest BCUT2D eigenvalue weighted by Gasteiger charge is 2.35. The maximum atomic E-state index is 15.0. The van der Waals surface area contributed by atoms with Gasteiger partial charge in [-0.2, -0.15) is 0 Å². The molecule has 4 aromatic carbocycles. The van der Waals surface area contributed by atoms with Gasteiger partial charge in [0.25, 0.3) is 10.0 Å². The van der Waals surface area contributed by atoms with Crippen molar-refractivity contribution in [2.45, 2.75) is 37.2 Å². The highest BCUT2D eigenvalue weighted by Crippen LogP contribution is 2.31. The van der Waals surface area contributed by atoms with E-state index in [1.54, 1.807) is 24.3 Å². The summed E-state index contributed by atoms with van der Waals surface area (Å²) >= 11 is 12.4. The van der Waals surface area contributed by atoms with E-state index in [-0.39, 0.29) is 39.2 Å². The number of benzene rings is 4. The average Bonchev–Trinajstić information content (AvgIpc) is 3.03. The van der Waals surface area contributed by atoms with Gasteiger partial charge in [0.2, 0.25) is 11.8 Å². The van der Waals surface area contributed by atoms with Crippen molar-refractivity contribution in [1.29, 1.82) is 0 Å². The molecule has 4 aromatic rings. The van der Waals surface area contributed by atoms with E-state index in [0.717, 1.165) is 9.87 Å². The normalized spacial score (nSPS) is 11.9. The Hall–Kier alpha value is -3.92. The van der Waals surface area contributed by atoms with Gasteiger partial charge in [0, 0.05) is 25.1 Å². The van der Waals surface area contributed by atoms with Gasteiger partial charge < -0.3 is 10.2 Å². The zero-order valence-electron chi connectivity index (χ0n) is 24.0. The van der Waals surface area contributed by atoms with E-state index >= 15 is 0 Å². The number of rotatable bonds is 13. The van der Waals surface area contributed by atoms with Gasteiger partial charge in [0.15, 0.2) is 0 Å². The van der Waals surface area contributed by atoms with Crippen molar-refractivity contribution in [3.05, 3.63) is 130 Å². The number of halogens is 3. The minimum atomic E-state index is -4.30. The smallest absolute Gasteiger partial charge is 0.264 e. The fourth-order valence-corrected chi connectivity index (χ4v) is 6.34. The van der Waals surface area contributed by atoms with Crippen molar-refractivity contribution in [3.63, 3.8) is 0 Å². The van der Waals surface area contributed by atoms with E-state index in [0.29, 0.717) is 13.0 Å². The lowest BCUT2D eigenvalue weighted by Crippen LogP contribution is -2.53. The lowest BCUT2D eigenvalue weighted by Gasteiger charge is -2.34. The molecule has 0 heterocycles. The van der Waals surface area contributed by atoms with Crippen LogP contribution in [0.4, 0.5) is 10.1 Å². The fraction of sp³-hybridized carbons (Fsp3) is 0.212. The quantitative estimate of drug-likeness (QED) is 0.178. The first-order chi connectivity index (χ1) is 21.1. The van der Waals surface area contributed by atoms with E-state index in [2.05, 4.69) is 5.32 Å². The fourth-order valence-electron chi connectivity index (χ4n) is 4.62. The summed E-state index contributed by atoms with van der Waals surface area (Å²) in [5, 5.41) is 3.15. The van der Waals surface area contributed by atoms with Crippen LogP contribution in [0.15, 0.2) is 108 Å². The number of hydrogen-bond donors (Lipinski definition) is 1. The molecule has 0 spiro atoms. The summed E-state index contributed by atoms with van der Waals surface area (Å²) in [6.45, 7) is 1.29. The standard InChI is InChI=1S/C33H32Cl2FN3O4S/c1-2-19-37-33(41)31(20-24-11-5-3-6-12-24)38(22-25-13-9-10-16-30(25)36)32(40)23-39(26-17-18-28(34)29(35)21-26)44(42,43)27-14-7-4-8-15-27/h3-18,21,31H,2,19-20,22-23H2,1H3,(H,37,41). The number of amides is 2. The number of carbonyl (C=O) groups is 2. The maximum absolute atomic E-state index is 15.0.